The maximum absolute atomic E-state index is 13.5. The highest BCUT2D eigenvalue weighted by Gasteiger charge is 2.54. The summed E-state index contributed by atoms with van der Waals surface area (Å²) in [6, 6.07) is -0.997. The fraction of sp³-hybridized carbons (Fsp3) is 0.793. The number of rotatable bonds is 71. The zero-order chi connectivity index (χ0) is 80.3. The van der Waals surface area contributed by atoms with Crippen LogP contribution in [0.5, 0.6) is 0 Å². The Labute approximate surface area is 672 Å². The second-order valence-corrected chi connectivity index (χ2v) is 31.3. The summed E-state index contributed by atoms with van der Waals surface area (Å²) in [5.41, 5.74) is 0. The Morgan fingerprint density at radius 2 is 0.631 bits per heavy atom. The van der Waals surface area contributed by atoms with Crippen molar-refractivity contribution in [2.75, 3.05) is 26.4 Å². The molecule has 3 aliphatic rings. The molecule has 0 radical (unpaired) electrons. The SMILES string of the molecule is CC/C=C\C/C=C\C/C=C\C/C=C\C/C=C\C/C=C\C/C=C\CCCCCCCCCCCCCCCCCCCC(=O)NC(COC1OC(CO)C(OC2OC(CO)C(OC3OC(CO)C(O)C(O)C3O)C(O)C2O)C(O)C1O)C(O)/C=C/CC/C=C/CCCCCCCCCCCCCCCCCCCCCCC. The van der Waals surface area contributed by atoms with E-state index in [0.29, 0.717) is 12.8 Å². The Balaban J connectivity index is 1.33. The summed E-state index contributed by atoms with van der Waals surface area (Å²) in [4.78, 5) is 13.5. The monoisotopic (exact) mass is 1570 g/mol. The molecule has 19 nitrogen and oxygen atoms in total. The molecule has 111 heavy (non-hydrogen) atoms. The standard InChI is InChI=1S/C92H161NO18/c1-3-5-7-9-11-13-15-17-19-21-23-25-27-29-31-32-33-34-35-36-37-38-39-40-41-42-44-46-48-50-52-54-56-58-60-62-64-66-68-70-80(98)93-75(76(97)69-67-65-63-61-59-57-55-53-51-49-47-45-43-30-28-26-24-22-20-18-16-14-12-10-8-6-4-2)74-106-90-86(104)83(101)88(78(72-95)108-90)111-92-87(105)84(102)89(79(73-96)109-92)110-91-85(103)82(100)81(99)77(71-94)107-91/h5,7,11,13,17,19,23,25,29,31,33-34,36-37,59,61,67,69,75-79,81-92,94-97,99-105H,3-4,6,8-10,12,14-16,18,20-22,24,26-28,30,32,35,38-58,60,62-66,68,70-74H2,1-2H3,(H,93,98)/b7-5-,13-11-,19-17-,25-23-,31-29-,34-33-,37-36-,61-59+,69-67+. The van der Waals surface area contributed by atoms with Gasteiger partial charge in [-0.2, -0.15) is 0 Å². The number of amides is 1. The van der Waals surface area contributed by atoms with E-state index in [0.717, 1.165) is 83.5 Å². The minimum absolute atomic E-state index is 0.232. The van der Waals surface area contributed by atoms with Crippen LogP contribution in [0.2, 0.25) is 0 Å². The second kappa shape index (κ2) is 70.6. The number of aliphatic hydroxyl groups is 11. The van der Waals surface area contributed by atoms with Gasteiger partial charge in [0.2, 0.25) is 5.91 Å². The van der Waals surface area contributed by atoms with Gasteiger partial charge in [-0.3, -0.25) is 4.79 Å². The predicted octanol–water partition coefficient (Wildman–Crippen LogP) is 16.8. The Kier molecular flexibility index (Phi) is 64.7. The molecule has 17 unspecified atom stereocenters. The van der Waals surface area contributed by atoms with Crippen molar-refractivity contribution in [2.24, 2.45) is 0 Å². The molecule has 0 saturated carbocycles. The van der Waals surface area contributed by atoms with Crippen LogP contribution in [0.15, 0.2) is 109 Å². The number of hydrogen-bond acceptors (Lipinski definition) is 18. The molecule has 3 saturated heterocycles. The average Bonchev–Trinajstić information content (AvgIpc) is 0.780. The van der Waals surface area contributed by atoms with E-state index in [1.54, 1.807) is 6.08 Å². The topological polar surface area (TPSA) is 307 Å². The van der Waals surface area contributed by atoms with E-state index in [4.69, 9.17) is 28.4 Å². The Bertz CT molecular complexity index is 2430. The Morgan fingerprint density at radius 1 is 0.333 bits per heavy atom. The van der Waals surface area contributed by atoms with Crippen LogP contribution < -0.4 is 5.32 Å². The summed E-state index contributed by atoms with van der Waals surface area (Å²) < 4.78 is 34.5. The van der Waals surface area contributed by atoms with Crippen molar-refractivity contribution in [3.8, 4) is 0 Å². The van der Waals surface area contributed by atoms with Crippen LogP contribution in [0.4, 0.5) is 0 Å². The molecular weight excluding hydrogens is 1410 g/mol. The summed E-state index contributed by atoms with van der Waals surface area (Å²) in [7, 11) is 0. The van der Waals surface area contributed by atoms with Crippen molar-refractivity contribution < 1.29 is 89.4 Å². The number of carbonyl (C=O) groups is 1. The maximum Gasteiger partial charge on any atom is 0.220 e. The number of nitrogens with one attached hydrogen (secondary N) is 1. The summed E-state index contributed by atoms with van der Waals surface area (Å²) in [6.07, 6.45) is 72.3. The molecule has 12 N–H and O–H groups in total. The summed E-state index contributed by atoms with van der Waals surface area (Å²) >= 11 is 0. The molecule has 0 aliphatic carbocycles. The molecule has 3 fully saturated rings. The van der Waals surface area contributed by atoms with Gasteiger partial charge in [0.05, 0.1) is 38.6 Å². The molecule has 3 rings (SSSR count). The van der Waals surface area contributed by atoms with Gasteiger partial charge in [-0.05, 0) is 89.9 Å². The van der Waals surface area contributed by atoms with E-state index in [1.807, 2.05) is 6.08 Å². The third kappa shape index (κ3) is 49.3. The second-order valence-electron chi connectivity index (χ2n) is 31.3. The summed E-state index contributed by atoms with van der Waals surface area (Å²) in [6.45, 7) is 1.64. The molecule has 0 spiro atoms. The zero-order valence-corrected chi connectivity index (χ0v) is 69.2. The van der Waals surface area contributed by atoms with E-state index < -0.39 is 124 Å². The lowest BCUT2D eigenvalue weighted by atomic mass is 9.96. The first-order valence-corrected chi connectivity index (χ1v) is 44.6. The van der Waals surface area contributed by atoms with Crippen LogP contribution in [0.3, 0.4) is 0 Å². The molecule has 19 heteroatoms. The number of allylic oxidation sites excluding steroid dienone is 17. The highest BCUT2D eigenvalue weighted by Crippen LogP contribution is 2.33. The van der Waals surface area contributed by atoms with Crippen molar-refractivity contribution in [2.45, 2.75) is 439 Å². The van der Waals surface area contributed by atoms with E-state index in [-0.39, 0.29) is 18.9 Å². The highest BCUT2D eigenvalue weighted by molar-refractivity contribution is 5.76. The molecule has 642 valence electrons. The van der Waals surface area contributed by atoms with E-state index in [2.05, 4.69) is 116 Å². The van der Waals surface area contributed by atoms with Gasteiger partial charge in [0.1, 0.15) is 73.2 Å². The molecule has 0 aromatic rings. The first-order chi connectivity index (χ1) is 54.3. The van der Waals surface area contributed by atoms with Crippen LogP contribution in [-0.4, -0.2) is 193 Å². The summed E-state index contributed by atoms with van der Waals surface area (Å²) in [5, 5.41) is 121. The number of unbranched alkanes of at least 4 members (excludes halogenated alkanes) is 39. The van der Waals surface area contributed by atoms with Gasteiger partial charge < -0.3 is 89.9 Å². The van der Waals surface area contributed by atoms with Gasteiger partial charge in [0, 0.05) is 6.42 Å². The molecule has 17 atom stereocenters. The lowest BCUT2D eigenvalue weighted by Gasteiger charge is -2.48. The molecule has 0 aromatic carbocycles. The molecular formula is C92H161NO18. The number of aliphatic hydroxyl groups excluding tert-OH is 11. The van der Waals surface area contributed by atoms with E-state index >= 15 is 0 Å². The predicted molar refractivity (Wildman–Crippen MR) is 447 cm³/mol. The van der Waals surface area contributed by atoms with Crippen molar-refractivity contribution in [1.29, 1.82) is 0 Å². The third-order valence-electron chi connectivity index (χ3n) is 21.6. The third-order valence-corrected chi connectivity index (χ3v) is 21.6. The molecule has 0 aromatic heterocycles. The molecule has 0 bridgehead atoms. The van der Waals surface area contributed by atoms with Crippen LogP contribution in [0.25, 0.3) is 0 Å². The zero-order valence-electron chi connectivity index (χ0n) is 69.2. The highest BCUT2D eigenvalue weighted by atomic mass is 16.8. The molecule has 3 aliphatic heterocycles. The van der Waals surface area contributed by atoms with Gasteiger partial charge in [0.25, 0.3) is 0 Å². The van der Waals surface area contributed by atoms with Gasteiger partial charge >= 0.3 is 0 Å². The fourth-order valence-electron chi connectivity index (χ4n) is 14.5. The van der Waals surface area contributed by atoms with Crippen molar-refractivity contribution in [3.63, 3.8) is 0 Å². The Morgan fingerprint density at radius 3 is 1.01 bits per heavy atom. The fourth-order valence-corrected chi connectivity index (χ4v) is 14.5. The van der Waals surface area contributed by atoms with Crippen LogP contribution in [-0.2, 0) is 33.2 Å². The number of hydrogen-bond donors (Lipinski definition) is 12. The van der Waals surface area contributed by atoms with Crippen LogP contribution in [0, 0.1) is 0 Å². The lowest BCUT2D eigenvalue weighted by Crippen LogP contribution is -2.66. The van der Waals surface area contributed by atoms with E-state index in [9.17, 15) is 61.0 Å². The largest absolute Gasteiger partial charge is 0.394 e. The average molecular weight is 1570 g/mol. The maximum atomic E-state index is 13.5. The van der Waals surface area contributed by atoms with Crippen molar-refractivity contribution in [3.05, 3.63) is 109 Å². The van der Waals surface area contributed by atoms with E-state index in [1.165, 1.54) is 218 Å². The number of carbonyl (C=O) groups excluding carboxylic acids is 1. The number of ether oxygens (including phenoxy) is 6. The summed E-state index contributed by atoms with van der Waals surface area (Å²) in [5.74, 6) is -0.284. The molecule has 1 amide bonds. The first-order valence-electron chi connectivity index (χ1n) is 44.6. The van der Waals surface area contributed by atoms with Gasteiger partial charge in [0.15, 0.2) is 18.9 Å². The minimum Gasteiger partial charge on any atom is -0.394 e. The first kappa shape index (κ1) is 102. The van der Waals surface area contributed by atoms with Crippen LogP contribution >= 0.6 is 0 Å². The van der Waals surface area contributed by atoms with Crippen molar-refractivity contribution in [1.82, 2.24) is 5.32 Å². The van der Waals surface area contributed by atoms with Crippen LogP contribution in [0.1, 0.15) is 335 Å². The quantitative estimate of drug-likeness (QED) is 0.0199. The van der Waals surface area contributed by atoms with Gasteiger partial charge in [-0.15, -0.1) is 0 Å². The smallest absolute Gasteiger partial charge is 0.220 e. The van der Waals surface area contributed by atoms with Gasteiger partial charge in [-0.1, -0.05) is 348 Å². The minimum atomic E-state index is -1.99. The molecule has 3 heterocycles. The Hall–Kier alpha value is -3.55. The lowest BCUT2D eigenvalue weighted by molar-refractivity contribution is -0.379. The van der Waals surface area contributed by atoms with Gasteiger partial charge in [-0.25, -0.2) is 0 Å². The van der Waals surface area contributed by atoms with Crippen molar-refractivity contribution >= 4 is 5.91 Å². The normalized spacial score (nSPS) is 25.6.